The van der Waals surface area contributed by atoms with Gasteiger partial charge in [-0.15, -0.1) is 11.6 Å². The third-order valence-corrected chi connectivity index (χ3v) is 3.73. The summed E-state index contributed by atoms with van der Waals surface area (Å²) in [5, 5.41) is -0.206. The van der Waals surface area contributed by atoms with E-state index in [9.17, 15) is 4.79 Å². The average molecular weight is 393 g/mol. The predicted octanol–water partition coefficient (Wildman–Crippen LogP) is 3.50. The van der Waals surface area contributed by atoms with E-state index in [4.69, 9.17) is 11.6 Å². The van der Waals surface area contributed by atoms with Crippen molar-refractivity contribution in [3.63, 3.8) is 0 Å². The van der Waals surface area contributed by atoms with E-state index in [2.05, 4.69) is 32.3 Å². The number of alkyl halides is 1. The van der Waals surface area contributed by atoms with Crippen LogP contribution in [0.4, 0.5) is 0 Å². The molecule has 1 atom stereocenters. The zero-order valence-corrected chi connectivity index (χ0v) is 13.6. The summed E-state index contributed by atoms with van der Waals surface area (Å²) in [4.78, 5) is 15.8. The van der Waals surface area contributed by atoms with Crippen LogP contribution in [0.3, 0.4) is 0 Å². The number of hydrogen-bond acceptors (Lipinski definition) is 3. The number of nitrogens with zero attached hydrogens (tertiary/aromatic N) is 2. The van der Waals surface area contributed by atoms with Gasteiger partial charge in [0.05, 0.1) is 29.9 Å². The smallest absolute Gasteiger partial charge is 0.307 e. The van der Waals surface area contributed by atoms with Gasteiger partial charge in [-0.2, -0.15) is 0 Å². The molecule has 1 unspecified atom stereocenters. The van der Waals surface area contributed by atoms with Crippen molar-refractivity contribution < 1.29 is 9.53 Å². The number of methoxy groups -OCH3 is 1. The van der Waals surface area contributed by atoms with Gasteiger partial charge in [0.2, 0.25) is 0 Å². The largest absolute Gasteiger partial charge is 0.469 e. The van der Waals surface area contributed by atoms with E-state index in [1.165, 1.54) is 7.11 Å². The Morgan fingerprint density at radius 1 is 1.58 bits per heavy atom. The van der Waals surface area contributed by atoms with E-state index in [0.717, 1.165) is 20.4 Å². The first kappa shape index (κ1) is 14.6. The second-order valence-corrected chi connectivity index (χ2v) is 6.10. The number of aryl methyl sites for hydroxylation is 1. The Balaban J connectivity index is 2.43. The van der Waals surface area contributed by atoms with Gasteiger partial charge >= 0.3 is 5.97 Å². The van der Waals surface area contributed by atoms with Crippen LogP contribution in [0.1, 0.15) is 24.5 Å². The minimum Gasteiger partial charge on any atom is -0.469 e. The second-order valence-electron chi connectivity index (χ2n) is 4.20. The van der Waals surface area contributed by atoms with E-state index < -0.39 is 0 Å². The van der Waals surface area contributed by atoms with Gasteiger partial charge in [-0.25, -0.2) is 4.98 Å². The third-order valence-electron chi connectivity index (χ3n) is 2.86. The topological polar surface area (TPSA) is 44.1 Å². The number of carbonyl (C=O) groups is 1. The summed E-state index contributed by atoms with van der Waals surface area (Å²) in [6.07, 6.45) is 0.310. The Hall–Kier alpha value is -0.820. The van der Waals surface area contributed by atoms with Gasteiger partial charge in [0, 0.05) is 10.1 Å². The Kier molecular flexibility index (Phi) is 4.67. The fraction of sp³-hybridized carbons (Fsp3) is 0.385. The Morgan fingerprint density at radius 2 is 2.32 bits per heavy atom. The first-order valence-corrected chi connectivity index (χ1v) is 7.41. The summed E-state index contributed by atoms with van der Waals surface area (Å²) in [5.74, 6) is 0.545. The SMILES string of the molecule is COC(=O)CCn1c(C(C)Cl)nc2cc(I)ccc21. The first-order valence-electron chi connectivity index (χ1n) is 5.89. The lowest BCUT2D eigenvalue weighted by Gasteiger charge is -2.09. The number of halogens is 2. The monoisotopic (exact) mass is 392 g/mol. The van der Waals surface area contributed by atoms with Gasteiger partial charge in [0.15, 0.2) is 0 Å². The summed E-state index contributed by atoms with van der Waals surface area (Å²) in [6, 6.07) is 6.03. The lowest BCUT2D eigenvalue weighted by Crippen LogP contribution is -2.10. The van der Waals surface area contributed by atoms with Crippen molar-refractivity contribution in [3.8, 4) is 0 Å². The molecule has 0 spiro atoms. The number of rotatable bonds is 4. The minimum atomic E-state index is -0.236. The molecule has 0 saturated carbocycles. The van der Waals surface area contributed by atoms with Crippen LogP contribution in [-0.2, 0) is 16.1 Å². The normalized spacial score (nSPS) is 12.6. The summed E-state index contributed by atoms with van der Waals surface area (Å²) in [6.45, 7) is 2.40. The summed E-state index contributed by atoms with van der Waals surface area (Å²) in [5.41, 5.74) is 1.89. The number of aromatic nitrogens is 2. The van der Waals surface area contributed by atoms with Gasteiger partial charge in [0.25, 0.3) is 0 Å². The summed E-state index contributed by atoms with van der Waals surface area (Å²) in [7, 11) is 1.39. The van der Waals surface area contributed by atoms with Gasteiger partial charge in [-0.1, -0.05) is 0 Å². The number of carbonyl (C=O) groups excluding carboxylic acids is 1. The van der Waals surface area contributed by atoms with Crippen molar-refractivity contribution in [1.29, 1.82) is 0 Å². The molecule has 6 heteroatoms. The molecule has 0 aliphatic heterocycles. The molecule has 102 valence electrons. The molecule has 0 N–H and O–H groups in total. The predicted molar refractivity (Wildman–Crippen MR) is 83.4 cm³/mol. The van der Waals surface area contributed by atoms with Gasteiger partial charge in [-0.05, 0) is 47.7 Å². The number of fused-ring (bicyclic) bond motifs is 1. The second kappa shape index (κ2) is 6.09. The molecule has 2 aromatic rings. The molecule has 1 heterocycles. The van der Waals surface area contributed by atoms with Crippen molar-refractivity contribution >= 4 is 51.2 Å². The molecule has 0 aliphatic carbocycles. The Labute approximate surface area is 130 Å². The van der Waals surface area contributed by atoms with Crippen molar-refractivity contribution in [2.75, 3.05) is 7.11 Å². The van der Waals surface area contributed by atoms with Crippen LogP contribution in [0.2, 0.25) is 0 Å². The quantitative estimate of drug-likeness (QED) is 0.454. The maximum absolute atomic E-state index is 11.3. The van der Waals surface area contributed by atoms with Crippen LogP contribution in [-0.4, -0.2) is 22.6 Å². The maximum atomic E-state index is 11.3. The Bertz CT molecular complexity index is 610. The van der Waals surface area contributed by atoms with Crippen LogP contribution < -0.4 is 0 Å². The highest BCUT2D eigenvalue weighted by Crippen LogP contribution is 2.26. The lowest BCUT2D eigenvalue weighted by atomic mass is 10.3. The highest BCUT2D eigenvalue weighted by atomic mass is 127. The van der Waals surface area contributed by atoms with Crippen LogP contribution in [0.15, 0.2) is 18.2 Å². The number of benzene rings is 1. The van der Waals surface area contributed by atoms with Crippen molar-refractivity contribution in [2.24, 2.45) is 0 Å². The molecule has 1 aromatic carbocycles. The molecule has 0 radical (unpaired) electrons. The number of esters is 1. The van der Waals surface area contributed by atoms with E-state index in [-0.39, 0.29) is 11.3 Å². The molecule has 1 aromatic heterocycles. The molecule has 0 fully saturated rings. The van der Waals surface area contributed by atoms with Gasteiger partial charge < -0.3 is 9.30 Å². The molecule has 19 heavy (non-hydrogen) atoms. The minimum absolute atomic E-state index is 0.206. The first-order chi connectivity index (χ1) is 9.02. The highest BCUT2D eigenvalue weighted by molar-refractivity contribution is 14.1. The number of imidazole rings is 1. The molecular weight excluding hydrogens is 379 g/mol. The zero-order chi connectivity index (χ0) is 14.0. The van der Waals surface area contributed by atoms with E-state index >= 15 is 0 Å². The van der Waals surface area contributed by atoms with Crippen LogP contribution in [0.25, 0.3) is 11.0 Å². The van der Waals surface area contributed by atoms with Crippen LogP contribution in [0.5, 0.6) is 0 Å². The van der Waals surface area contributed by atoms with Crippen LogP contribution >= 0.6 is 34.2 Å². The van der Waals surface area contributed by atoms with Gasteiger partial charge in [0.1, 0.15) is 5.82 Å². The molecule has 0 amide bonds. The van der Waals surface area contributed by atoms with Gasteiger partial charge in [-0.3, -0.25) is 4.79 Å². The maximum Gasteiger partial charge on any atom is 0.307 e. The fourth-order valence-electron chi connectivity index (χ4n) is 1.97. The van der Waals surface area contributed by atoms with Crippen LogP contribution in [0, 0.1) is 3.57 Å². The number of hydrogen-bond donors (Lipinski definition) is 0. The van der Waals surface area contributed by atoms with E-state index in [1.54, 1.807) is 0 Å². The summed E-state index contributed by atoms with van der Waals surface area (Å²) >= 11 is 8.42. The van der Waals surface area contributed by atoms with Crippen molar-refractivity contribution in [1.82, 2.24) is 9.55 Å². The average Bonchev–Trinajstić information content (AvgIpc) is 2.73. The van der Waals surface area contributed by atoms with Crippen molar-refractivity contribution in [2.45, 2.75) is 25.3 Å². The molecule has 4 nitrogen and oxygen atoms in total. The van der Waals surface area contributed by atoms with Crippen molar-refractivity contribution in [3.05, 3.63) is 27.6 Å². The molecule has 0 saturated heterocycles. The molecule has 0 bridgehead atoms. The third kappa shape index (κ3) is 3.20. The Morgan fingerprint density at radius 3 is 2.95 bits per heavy atom. The van der Waals surface area contributed by atoms with E-state index in [0.29, 0.717) is 13.0 Å². The van der Waals surface area contributed by atoms with E-state index in [1.807, 2.05) is 29.7 Å². The lowest BCUT2D eigenvalue weighted by molar-refractivity contribution is -0.140. The molecular formula is C13H14ClIN2O2. The number of ether oxygens (including phenoxy) is 1. The highest BCUT2D eigenvalue weighted by Gasteiger charge is 2.16. The standard InChI is InChI=1S/C13H14ClIN2O2/c1-8(14)13-16-10-7-9(15)3-4-11(10)17(13)6-5-12(18)19-2/h3-4,7-8H,5-6H2,1-2H3. The summed E-state index contributed by atoms with van der Waals surface area (Å²) < 4.78 is 7.78. The fourth-order valence-corrected chi connectivity index (χ4v) is 2.61. The zero-order valence-electron chi connectivity index (χ0n) is 10.7. The molecule has 0 aliphatic rings. The molecule has 2 rings (SSSR count).